The Morgan fingerprint density at radius 2 is 0.688 bits per heavy atom. The minimum Gasteiger partial charge on any atom is -0.0622 e. The van der Waals surface area contributed by atoms with Crippen molar-refractivity contribution < 1.29 is 17.3 Å². The summed E-state index contributed by atoms with van der Waals surface area (Å²) in [5.41, 5.74) is 7.27. The van der Waals surface area contributed by atoms with Crippen molar-refractivity contribution in [2.45, 2.75) is 0 Å². The Labute approximate surface area is 309 Å². The first kappa shape index (κ1) is 39.2. The molecule has 244 valence electrons. The van der Waals surface area contributed by atoms with E-state index in [0.29, 0.717) is 13.1 Å². The minimum atomic E-state index is 0.473. The van der Waals surface area contributed by atoms with Crippen molar-refractivity contribution in [1.82, 2.24) is 0 Å². The standard InChI is InChI=1S/C17H18ClN2P2.2C12H10.ClH.Ru/c18-15(11-19-9-13-5-1-3-7-16(13)21)12-20-10-14-6-2-4-8-17(14)22;2*1-3-7-11(8-4-1)12-9-5-2-6-10-12;;/h1-10H,11-12,21-22H2;2*1-10H;1H;/q-1;;;;+2/p-1. The van der Waals surface area contributed by atoms with Gasteiger partial charge in [0.1, 0.15) is 0 Å². The zero-order valence-electron chi connectivity index (χ0n) is 26.4. The first-order valence-corrected chi connectivity index (χ1v) is 18.9. The van der Waals surface area contributed by atoms with Crippen molar-refractivity contribution >= 4 is 62.8 Å². The van der Waals surface area contributed by atoms with Gasteiger partial charge in [0.25, 0.3) is 0 Å². The molecule has 48 heavy (non-hydrogen) atoms. The van der Waals surface area contributed by atoms with Crippen LogP contribution < -0.4 is 10.6 Å². The van der Waals surface area contributed by atoms with E-state index in [1.807, 2.05) is 103 Å². The monoisotopic (exact) mass is 792 g/mol. The van der Waals surface area contributed by atoms with Crippen molar-refractivity contribution in [3.8, 4) is 22.3 Å². The van der Waals surface area contributed by atoms with Gasteiger partial charge in [-0.25, -0.2) is 0 Å². The van der Waals surface area contributed by atoms with Crippen LogP contribution in [0.15, 0.2) is 180 Å². The summed E-state index contributed by atoms with van der Waals surface area (Å²) >= 11 is 7.99. The summed E-state index contributed by atoms with van der Waals surface area (Å²) in [7, 11) is 9.96. The SMILES string of the molecule is Pc1ccccc1C=NC[C-](Cl)CN=Cc1ccccc1P.[Cl][Ru+].c1ccc(-c2ccccc2)cc1.c1ccc(-c2ccccc2)cc1. The van der Waals surface area contributed by atoms with E-state index in [-0.39, 0.29) is 0 Å². The fourth-order valence-electron chi connectivity index (χ4n) is 4.32. The average molecular weight is 793 g/mol. The van der Waals surface area contributed by atoms with Crippen molar-refractivity contribution in [2.24, 2.45) is 9.98 Å². The summed E-state index contributed by atoms with van der Waals surface area (Å²) < 4.78 is 0. The van der Waals surface area contributed by atoms with Gasteiger partial charge >= 0.3 is 27.0 Å². The Balaban J connectivity index is 0.000000204. The molecule has 0 fully saturated rings. The van der Waals surface area contributed by atoms with Crippen molar-refractivity contribution in [1.29, 1.82) is 0 Å². The van der Waals surface area contributed by atoms with Gasteiger partial charge in [0.05, 0.1) is 0 Å². The molecule has 0 aliphatic carbocycles. The van der Waals surface area contributed by atoms with Crippen molar-refractivity contribution in [3.63, 3.8) is 0 Å². The molecule has 0 saturated carbocycles. The number of halogens is 2. The zero-order valence-corrected chi connectivity index (χ0v) is 32.0. The Morgan fingerprint density at radius 3 is 0.958 bits per heavy atom. The maximum absolute atomic E-state index is 6.17. The molecular weight excluding hydrogens is 754 g/mol. The summed E-state index contributed by atoms with van der Waals surface area (Å²) in [6, 6.07) is 57.6. The van der Waals surface area contributed by atoms with E-state index in [4.69, 9.17) is 11.6 Å². The number of hydrogen-bond donors (Lipinski definition) is 0. The van der Waals surface area contributed by atoms with Gasteiger partial charge in [0.15, 0.2) is 0 Å². The molecule has 0 aliphatic rings. The summed E-state index contributed by atoms with van der Waals surface area (Å²) in [6.45, 7) is 0.945. The zero-order chi connectivity index (χ0) is 34.2. The predicted molar refractivity (Wildman–Crippen MR) is 215 cm³/mol. The summed E-state index contributed by atoms with van der Waals surface area (Å²) in [4.78, 5) is 8.72. The molecule has 0 bridgehead atoms. The van der Waals surface area contributed by atoms with E-state index in [1.165, 1.54) is 22.3 Å². The number of hydrogen-bond acceptors (Lipinski definition) is 2. The van der Waals surface area contributed by atoms with Gasteiger partial charge in [-0.15, -0.1) is 18.5 Å². The molecule has 2 unspecified atom stereocenters. The molecule has 6 aromatic rings. The molecular formula is C41H38Cl2N2P2Ru. The summed E-state index contributed by atoms with van der Waals surface area (Å²) in [5, 5.41) is 2.96. The molecule has 0 radical (unpaired) electrons. The molecule has 6 aromatic carbocycles. The molecule has 0 aliphatic heterocycles. The van der Waals surface area contributed by atoms with E-state index in [0.717, 1.165) is 27.1 Å². The van der Waals surface area contributed by atoms with Crippen LogP contribution in [-0.2, 0) is 17.3 Å². The molecule has 0 amide bonds. The second-order valence-electron chi connectivity index (χ2n) is 10.2. The van der Waals surface area contributed by atoms with Gasteiger partial charge in [-0.05, 0) is 44.0 Å². The number of benzene rings is 6. The Bertz CT molecular complexity index is 1570. The van der Waals surface area contributed by atoms with Gasteiger partial charge in [0.2, 0.25) is 0 Å². The molecule has 2 nitrogen and oxygen atoms in total. The van der Waals surface area contributed by atoms with Crippen molar-refractivity contribution in [2.75, 3.05) is 13.1 Å². The first-order chi connectivity index (χ1) is 23.6. The molecule has 6 rings (SSSR count). The van der Waals surface area contributed by atoms with Crippen LogP contribution in [0.25, 0.3) is 22.3 Å². The van der Waals surface area contributed by atoms with Gasteiger partial charge in [-0.2, -0.15) is 5.38 Å². The summed E-state index contributed by atoms with van der Waals surface area (Å²) in [5.74, 6) is 0. The predicted octanol–water partition coefficient (Wildman–Crippen LogP) is 10.4. The smallest absolute Gasteiger partial charge is 0.0184 e. The third kappa shape index (κ3) is 14.9. The number of nitrogens with zero attached hydrogens (tertiary/aromatic N) is 2. The Hall–Kier alpha value is -3.28. The van der Waals surface area contributed by atoms with Crippen LogP contribution in [0.5, 0.6) is 0 Å². The maximum atomic E-state index is 6.17. The summed E-state index contributed by atoms with van der Waals surface area (Å²) in [6.07, 6.45) is 3.68. The van der Waals surface area contributed by atoms with Crippen LogP contribution in [0, 0.1) is 5.38 Å². The van der Waals surface area contributed by atoms with Crippen LogP contribution in [0.2, 0.25) is 0 Å². The van der Waals surface area contributed by atoms with Crippen LogP contribution in [0.1, 0.15) is 11.1 Å². The third-order valence-electron chi connectivity index (χ3n) is 6.74. The second kappa shape index (κ2) is 24.0. The van der Waals surface area contributed by atoms with Gasteiger partial charge in [-0.3, -0.25) is 0 Å². The molecule has 7 heteroatoms. The van der Waals surface area contributed by atoms with Crippen molar-refractivity contribution in [3.05, 3.63) is 186 Å². The largest absolute Gasteiger partial charge is 0.0622 e. The van der Waals surface area contributed by atoms with E-state index in [2.05, 4.69) is 135 Å². The maximum Gasteiger partial charge on any atom is -0.0184 e. The number of aliphatic imine (C=N–C) groups is 2. The minimum absolute atomic E-state index is 0.473. The fourth-order valence-corrected chi connectivity index (χ4v) is 5.02. The molecule has 0 N–H and O–H groups in total. The van der Waals surface area contributed by atoms with E-state index in [1.54, 1.807) is 0 Å². The van der Waals surface area contributed by atoms with Gasteiger partial charge in [0, 0.05) is 12.4 Å². The molecule has 0 heterocycles. The molecule has 0 spiro atoms. The van der Waals surface area contributed by atoms with Gasteiger partial charge < -0.3 is 21.6 Å². The van der Waals surface area contributed by atoms with Crippen LogP contribution in [0.4, 0.5) is 0 Å². The molecule has 0 saturated heterocycles. The van der Waals surface area contributed by atoms with Crippen LogP contribution in [0.3, 0.4) is 0 Å². The molecule has 0 aromatic heterocycles. The van der Waals surface area contributed by atoms with E-state index in [9.17, 15) is 0 Å². The second-order valence-corrected chi connectivity index (χ2v) is 12.0. The fraction of sp³-hybridized carbons (Fsp3) is 0.0488. The topological polar surface area (TPSA) is 24.7 Å². The number of rotatable bonds is 8. The first-order valence-electron chi connectivity index (χ1n) is 15.1. The molecule has 2 atom stereocenters. The Kier molecular flexibility index (Phi) is 19.5. The van der Waals surface area contributed by atoms with Gasteiger partial charge in [-0.1, -0.05) is 183 Å². The Morgan fingerprint density at radius 1 is 0.438 bits per heavy atom. The quantitative estimate of drug-likeness (QED) is 0.0635. The van der Waals surface area contributed by atoms with E-state index >= 15 is 0 Å². The third-order valence-corrected chi connectivity index (χ3v) is 8.03. The van der Waals surface area contributed by atoms with Crippen LogP contribution >= 0.6 is 39.8 Å². The van der Waals surface area contributed by atoms with E-state index < -0.39 is 0 Å². The normalized spacial score (nSPS) is 10.4. The van der Waals surface area contributed by atoms with Crippen LogP contribution in [-0.4, -0.2) is 25.5 Å². The average Bonchev–Trinajstić information content (AvgIpc) is 3.16.